The van der Waals surface area contributed by atoms with Gasteiger partial charge in [0, 0.05) is 24.7 Å². The van der Waals surface area contributed by atoms with Crippen molar-refractivity contribution in [1.82, 2.24) is 15.1 Å². The van der Waals surface area contributed by atoms with E-state index in [1.54, 1.807) is 6.07 Å². The Kier molecular flexibility index (Phi) is 6.30. The van der Waals surface area contributed by atoms with E-state index in [9.17, 15) is 4.79 Å². The lowest BCUT2D eigenvalue weighted by Crippen LogP contribution is -2.44. The molecule has 138 valence electrons. The van der Waals surface area contributed by atoms with Crippen molar-refractivity contribution in [3.63, 3.8) is 0 Å². The van der Waals surface area contributed by atoms with E-state index in [1.165, 1.54) is 0 Å². The number of aryl methyl sites for hydroxylation is 1. The van der Waals surface area contributed by atoms with Gasteiger partial charge in [-0.1, -0.05) is 25.5 Å². The molecule has 2 heterocycles. The molecule has 1 amide bonds. The molecule has 6 heteroatoms. The number of aromatic nitrogens is 2. The summed E-state index contributed by atoms with van der Waals surface area (Å²) < 4.78 is 5.62. The van der Waals surface area contributed by atoms with E-state index < -0.39 is 0 Å². The predicted octanol–water partition coefficient (Wildman–Crippen LogP) is 3.04. The molecule has 0 spiro atoms. The number of carbonyl (C=O) groups is 1. The minimum atomic E-state index is -0.169. The van der Waals surface area contributed by atoms with E-state index in [2.05, 4.69) is 33.4 Å². The monoisotopic (exact) mass is 354 g/mol. The Morgan fingerprint density at radius 1 is 1.31 bits per heavy atom. The summed E-state index contributed by atoms with van der Waals surface area (Å²) in [5, 5.41) is 10.7. The number of nitrogens with zero attached hydrogens (tertiary/aromatic N) is 3. The second kappa shape index (κ2) is 8.87. The molecule has 0 radical (unpaired) electrons. The summed E-state index contributed by atoms with van der Waals surface area (Å²) in [5.41, 5.74) is 2.58. The fraction of sp³-hybridized carbons (Fsp3) is 0.450. The summed E-state index contributed by atoms with van der Waals surface area (Å²) in [6.45, 7) is 7.39. The van der Waals surface area contributed by atoms with Crippen molar-refractivity contribution >= 4 is 11.7 Å². The van der Waals surface area contributed by atoms with Crippen LogP contribution in [-0.4, -0.2) is 46.8 Å². The second-order valence-electron chi connectivity index (χ2n) is 6.70. The number of nitrogens with one attached hydrogen (secondary N) is 1. The molecule has 1 aliphatic heterocycles. The summed E-state index contributed by atoms with van der Waals surface area (Å²) >= 11 is 0. The topological polar surface area (TPSA) is 67.3 Å². The van der Waals surface area contributed by atoms with Crippen LogP contribution < -0.4 is 5.32 Å². The smallest absolute Gasteiger partial charge is 0.256 e. The number of anilines is 1. The fourth-order valence-corrected chi connectivity index (χ4v) is 3.20. The highest BCUT2D eigenvalue weighted by molar-refractivity contribution is 6.03. The average molecular weight is 354 g/mol. The molecular formula is C20H26N4O2. The number of hydrogen-bond donors (Lipinski definition) is 1. The van der Waals surface area contributed by atoms with Gasteiger partial charge in [0.15, 0.2) is 5.82 Å². The third kappa shape index (κ3) is 4.86. The van der Waals surface area contributed by atoms with Gasteiger partial charge in [-0.05, 0) is 43.2 Å². The molecule has 26 heavy (non-hydrogen) atoms. The Morgan fingerprint density at radius 2 is 2.19 bits per heavy atom. The number of hydrogen-bond acceptors (Lipinski definition) is 5. The third-order valence-corrected chi connectivity index (χ3v) is 4.59. The first-order valence-corrected chi connectivity index (χ1v) is 9.18. The van der Waals surface area contributed by atoms with Crippen molar-refractivity contribution < 1.29 is 9.53 Å². The summed E-state index contributed by atoms with van der Waals surface area (Å²) in [5.74, 6) is 0.291. The maximum absolute atomic E-state index is 12.5. The lowest BCUT2D eigenvalue weighted by molar-refractivity contribution is -0.0147. The molecule has 1 atom stereocenters. The largest absolute Gasteiger partial charge is 0.378 e. The molecule has 6 nitrogen and oxygen atoms in total. The van der Waals surface area contributed by atoms with Gasteiger partial charge in [0.25, 0.3) is 5.91 Å². The molecule has 0 aliphatic carbocycles. The molecule has 1 saturated heterocycles. The van der Waals surface area contributed by atoms with Crippen LogP contribution in [-0.2, 0) is 11.3 Å². The van der Waals surface area contributed by atoms with Gasteiger partial charge in [-0.3, -0.25) is 9.69 Å². The highest BCUT2D eigenvalue weighted by atomic mass is 16.5. The SMILES string of the molecule is CCC[C@@H]1COCCN1Cc1cccc(C(=O)Nc2ccc(C)nn2)c1. The lowest BCUT2D eigenvalue weighted by Gasteiger charge is -2.35. The van der Waals surface area contributed by atoms with Gasteiger partial charge >= 0.3 is 0 Å². The van der Waals surface area contributed by atoms with Crippen LogP contribution in [0.25, 0.3) is 0 Å². The summed E-state index contributed by atoms with van der Waals surface area (Å²) in [6, 6.07) is 11.8. The number of morpholine rings is 1. The van der Waals surface area contributed by atoms with E-state index in [0.717, 1.165) is 50.4 Å². The Labute approximate surface area is 154 Å². The Bertz CT molecular complexity index is 731. The van der Waals surface area contributed by atoms with Gasteiger partial charge in [-0.2, -0.15) is 5.10 Å². The standard InChI is InChI=1S/C20H26N4O2/c1-3-5-18-14-26-11-10-24(18)13-16-6-4-7-17(12-16)20(25)21-19-9-8-15(2)22-23-19/h4,6-9,12,18H,3,5,10-11,13-14H2,1-2H3,(H,21,23,25)/t18-/m1/s1. The van der Waals surface area contributed by atoms with E-state index >= 15 is 0 Å². The average Bonchev–Trinajstić information content (AvgIpc) is 2.66. The zero-order valence-electron chi connectivity index (χ0n) is 15.4. The highest BCUT2D eigenvalue weighted by Gasteiger charge is 2.22. The van der Waals surface area contributed by atoms with Crippen molar-refractivity contribution in [3.8, 4) is 0 Å². The van der Waals surface area contributed by atoms with Crippen molar-refractivity contribution in [1.29, 1.82) is 0 Å². The Hall–Kier alpha value is -2.31. The predicted molar refractivity (Wildman–Crippen MR) is 101 cm³/mol. The lowest BCUT2D eigenvalue weighted by atomic mass is 10.1. The Balaban J connectivity index is 1.67. The molecule has 3 rings (SSSR count). The van der Waals surface area contributed by atoms with Gasteiger partial charge in [-0.15, -0.1) is 5.10 Å². The minimum Gasteiger partial charge on any atom is -0.378 e. The van der Waals surface area contributed by atoms with Crippen LogP contribution in [0.2, 0.25) is 0 Å². The molecule has 1 aliphatic rings. The van der Waals surface area contributed by atoms with Crippen LogP contribution in [0.1, 0.15) is 41.4 Å². The van der Waals surface area contributed by atoms with E-state index in [-0.39, 0.29) is 5.91 Å². The van der Waals surface area contributed by atoms with Crippen molar-refractivity contribution in [3.05, 3.63) is 53.2 Å². The molecule has 1 aromatic carbocycles. The molecular weight excluding hydrogens is 328 g/mol. The maximum atomic E-state index is 12.5. The van der Waals surface area contributed by atoms with Crippen molar-refractivity contribution in [2.45, 2.75) is 39.3 Å². The molecule has 2 aromatic rings. The summed E-state index contributed by atoms with van der Waals surface area (Å²) in [6.07, 6.45) is 2.27. The van der Waals surface area contributed by atoms with E-state index in [4.69, 9.17) is 4.74 Å². The van der Waals surface area contributed by atoms with E-state index in [0.29, 0.717) is 17.4 Å². The number of carbonyl (C=O) groups excluding carboxylic acids is 1. The van der Waals surface area contributed by atoms with Gasteiger partial charge in [-0.25, -0.2) is 0 Å². The minimum absolute atomic E-state index is 0.169. The molecule has 0 saturated carbocycles. The maximum Gasteiger partial charge on any atom is 0.256 e. The molecule has 0 unspecified atom stereocenters. The highest BCUT2D eigenvalue weighted by Crippen LogP contribution is 2.17. The zero-order chi connectivity index (χ0) is 18.4. The van der Waals surface area contributed by atoms with Gasteiger partial charge in [0.2, 0.25) is 0 Å². The van der Waals surface area contributed by atoms with Crippen molar-refractivity contribution in [2.24, 2.45) is 0 Å². The Morgan fingerprint density at radius 3 is 2.96 bits per heavy atom. The molecule has 1 N–H and O–H groups in total. The number of benzene rings is 1. The quantitative estimate of drug-likeness (QED) is 0.864. The van der Waals surface area contributed by atoms with Crippen molar-refractivity contribution in [2.75, 3.05) is 25.1 Å². The number of amides is 1. The number of rotatable bonds is 6. The summed E-state index contributed by atoms with van der Waals surface area (Å²) in [7, 11) is 0. The first-order valence-electron chi connectivity index (χ1n) is 9.18. The van der Waals surface area contributed by atoms with E-state index in [1.807, 2.05) is 31.2 Å². The van der Waals surface area contributed by atoms with Crippen LogP contribution >= 0.6 is 0 Å². The van der Waals surface area contributed by atoms with Gasteiger partial charge in [0.05, 0.1) is 18.9 Å². The van der Waals surface area contributed by atoms with Crippen LogP contribution in [0.4, 0.5) is 5.82 Å². The van der Waals surface area contributed by atoms with Crippen LogP contribution in [0.5, 0.6) is 0 Å². The van der Waals surface area contributed by atoms with Gasteiger partial charge in [0.1, 0.15) is 0 Å². The first kappa shape index (κ1) is 18.5. The number of ether oxygens (including phenoxy) is 1. The molecule has 0 bridgehead atoms. The first-order chi connectivity index (χ1) is 12.7. The van der Waals surface area contributed by atoms with Crippen LogP contribution in [0.3, 0.4) is 0 Å². The second-order valence-corrected chi connectivity index (χ2v) is 6.70. The van der Waals surface area contributed by atoms with Crippen LogP contribution in [0.15, 0.2) is 36.4 Å². The normalized spacial score (nSPS) is 17.8. The molecule has 1 aromatic heterocycles. The zero-order valence-corrected chi connectivity index (χ0v) is 15.4. The third-order valence-electron chi connectivity index (χ3n) is 4.59. The fourth-order valence-electron chi connectivity index (χ4n) is 3.20. The molecule has 1 fully saturated rings. The summed E-state index contributed by atoms with van der Waals surface area (Å²) in [4.78, 5) is 15.0. The van der Waals surface area contributed by atoms with Crippen LogP contribution in [0, 0.1) is 6.92 Å². The van der Waals surface area contributed by atoms with Gasteiger partial charge < -0.3 is 10.1 Å².